The molecule has 0 amide bonds. The Morgan fingerprint density at radius 1 is 0.720 bits per heavy atom. The molecule has 1 aromatic heterocycles. The summed E-state index contributed by atoms with van der Waals surface area (Å²) in [5, 5.41) is 9.33. The number of fused-ring (bicyclic) bond motifs is 6. The van der Waals surface area contributed by atoms with Gasteiger partial charge in [0.2, 0.25) is 0 Å². The van der Waals surface area contributed by atoms with E-state index in [1.165, 1.54) is 47.3 Å². The standard InChI is InChI=1S/C24H18S/c1-2-3-8-19-15-23-21-10-9-18-13-16-6-4-5-7-17(16)14-22(18)20(21)11-12-24(23)25-19/h3-15H,2H2,1H3/b8-3+. The fourth-order valence-corrected chi connectivity index (χ4v) is 4.70. The molecule has 0 N–H and O–H groups in total. The van der Waals surface area contributed by atoms with Crippen LogP contribution in [0.15, 0.2) is 72.8 Å². The predicted octanol–water partition coefficient (Wildman–Crippen LogP) is 7.78. The van der Waals surface area contributed by atoms with Crippen molar-refractivity contribution in [2.45, 2.75) is 13.3 Å². The minimum atomic E-state index is 1.08. The minimum Gasteiger partial charge on any atom is -0.136 e. The Labute approximate surface area is 151 Å². The van der Waals surface area contributed by atoms with Gasteiger partial charge in [0, 0.05) is 15.0 Å². The van der Waals surface area contributed by atoms with Gasteiger partial charge in [-0.2, -0.15) is 0 Å². The van der Waals surface area contributed by atoms with Gasteiger partial charge in [-0.05, 0) is 69.1 Å². The van der Waals surface area contributed by atoms with E-state index in [0.717, 1.165) is 6.42 Å². The van der Waals surface area contributed by atoms with E-state index < -0.39 is 0 Å². The third-order valence-corrected chi connectivity index (χ3v) is 5.98. The molecule has 0 spiro atoms. The fraction of sp³-hybridized carbons (Fsp3) is 0.0833. The lowest BCUT2D eigenvalue weighted by Crippen LogP contribution is -1.80. The van der Waals surface area contributed by atoms with Crippen molar-refractivity contribution in [3.05, 3.63) is 77.7 Å². The molecular formula is C24H18S. The van der Waals surface area contributed by atoms with E-state index >= 15 is 0 Å². The Morgan fingerprint density at radius 2 is 1.48 bits per heavy atom. The zero-order valence-electron chi connectivity index (χ0n) is 14.1. The summed E-state index contributed by atoms with van der Waals surface area (Å²) in [5.41, 5.74) is 0. The van der Waals surface area contributed by atoms with Crippen molar-refractivity contribution in [1.82, 2.24) is 0 Å². The first-order valence-electron chi connectivity index (χ1n) is 8.78. The largest absolute Gasteiger partial charge is 0.136 e. The van der Waals surface area contributed by atoms with Crippen LogP contribution < -0.4 is 0 Å². The highest BCUT2D eigenvalue weighted by Gasteiger charge is 2.08. The van der Waals surface area contributed by atoms with Crippen LogP contribution in [-0.4, -0.2) is 0 Å². The summed E-state index contributed by atoms with van der Waals surface area (Å²) in [6.07, 6.45) is 5.55. The lowest BCUT2D eigenvalue weighted by molar-refractivity contribution is 1.23. The smallest absolute Gasteiger partial charge is 0.0355 e. The van der Waals surface area contributed by atoms with Crippen molar-refractivity contribution in [3.8, 4) is 0 Å². The maximum atomic E-state index is 2.34. The number of benzene rings is 4. The number of thiophene rings is 1. The van der Waals surface area contributed by atoms with Gasteiger partial charge in [-0.15, -0.1) is 11.3 Å². The van der Waals surface area contributed by atoms with Gasteiger partial charge in [-0.3, -0.25) is 0 Å². The van der Waals surface area contributed by atoms with Crippen LogP contribution in [0.2, 0.25) is 0 Å². The van der Waals surface area contributed by atoms with Crippen LogP contribution in [0.3, 0.4) is 0 Å². The van der Waals surface area contributed by atoms with Crippen molar-refractivity contribution < 1.29 is 0 Å². The Morgan fingerprint density at radius 3 is 2.32 bits per heavy atom. The molecule has 4 aromatic carbocycles. The minimum absolute atomic E-state index is 1.08. The second kappa shape index (κ2) is 5.72. The van der Waals surface area contributed by atoms with Crippen molar-refractivity contribution in [2.24, 2.45) is 0 Å². The van der Waals surface area contributed by atoms with Gasteiger partial charge in [0.25, 0.3) is 0 Å². The third kappa shape index (κ3) is 2.35. The molecule has 0 aliphatic heterocycles. The topological polar surface area (TPSA) is 0 Å². The lowest BCUT2D eigenvalue weighted by atomic mass is 9.97. The van der Waals surface area contributed by atoms with Crippen molar-refractivity contribution in [3.63, 3.8) is 0 Å². The molecule has 25 heavy (non-hydrogen) atoms. The number of rotatable bonds is 2. The van der Waals surface area contributed by atoms with Crippen LogP contribution in [0.1, 0.15) is 18.2 Å². The van der Waals surface area contributed by atoms with Gasteiger partial charge in [-0.1, -0.05) is 55.5 Å². The summed E-state index contributed by atoms with van der Waals surface area (Å²) in [4.78, 5) is 1.34. The molecule has 0 unspecified atom stereocenters. The number of hydrogen-bond acceptors (Lipinski definition) is 1. The van der Waals surface area contributed by atoms with E-state index in [9.17, 15) is 0 Å². The molecule has 120 valence electrons. The average Bonchev–Trinajstić information content (AvgIpc) is 3.07. The average molecular weight is 338 g/mol. The van der Waals surface area contributed by atoms with Crippen LogP contribution >= 0.6 is 11.3 Å². The normalized spacial score (nSPS) is 12.2. The first-order chi connectivity index (χ1) is 12.3. The van der Waals surface area contributed by atoms with Gasteiger partial charge >= 0.3 is 0 Å². The molecular weight excluding hydrogens is 320 g/mol. The highest BCUT2D eigenvalue weighted by atomic mass is 32.1. The maximum absolute atomic E-state index is 2.34. The fourth-order valence-electron chi connectivity index (χ4n) is 3.69. The first kappa shape index (κ1) is 14.7. The van der Waals surface area contributed by atoms with Gasteiger partial charge in [-0.25, -0.2) is 0 Å². The highest BCUT2D eigenvalue weighted by Crippen LogP contribution is 2.37. The van der Waals surface area contributed by atoms with E-state index in [1.54, 1.807) is 0 Å². The Balaban J connectivity index is 1.85. The molecule has 5 rings (SSSR count). The molecule has 0 saturated carbocycles. The molecule has 0 radical (unpaired) electrons. The molecule has 0 fully saturated rings. The first-order valence-corrected chi connectivity index (χ1v) is 9.59. The predicted molar refractivity (Wildman–Crippen MR) is 114 cm³/mol. The molecule has 0 bridgehead atoms. The van der Waals surface area contributed by atoms with E-state index in [2.05, 4.69) is 85.8 Å². The SMILES string of the molecule is CC/C=C/c1cc2c(ccc3c4cc5ccccc5cc4ccc23)s1. The molecule has 1 heteroatoms. The summed E-state index contributed by atoms with van der Waals surface area (Å²) >= 11 is 1.87. The van der Waals surface area contributed by atoms with E-state index in [1.807, 2.05) is 11.3 Å². The summed E-state index contributed by atoms with van der Waals surface area (Å²) in [6.45, 7) is 2.18. The quantitative estimate of drug-likeness (QED) is 0.228. The van der Waals surface area contributed by atoms with Crippen LogP contribution in [-0.2, 0) is 0 Å². The molecule has 0 saturated heterocycles. The van der Waals surface area contributed by atoms with Crippen LogP contribution in [0.25, 0.3) is 48.5 Å². The molecule has 1 heterocycles. The van der Waals surface area contributed by atoms with Crippen LogP contribution in [0, 0.1) is 0 Å². The van der Waals surface area contributed by atoms with Crippen LogP contribution in [0.4, 0.5) is 0 Å². The Kier molecular flexibility index (Phi) is 3.36. The molecule has 5 aromatic rings. The molecule has 0 nitrogen and oxygen atoms in total. The summed E-state index contributed by atoms with van der Waals surface area (Å²) in [5.74, 6) is 0. The Bertz CT molecular complexity index is 1270. The van der Waals surface area contributed by atoms with Gasteiger partial charge in [0.05, 0.1) is 0 Å². The number of allylic oxidation sites excluding steroid dienone is 1. The Hall–Kier alpha value is -2.64. The maximum Gasteiger partial charge on any atom is 0.0355 e. The lowest BCUT2D eigenvalue weighted by Gasteiger charge is -2.07. The molecule has 0 aliphatic rings. The second-order valence-corrected chi connectivity index (χ2v) is 7.63. The monoisotopic (exact) mass is 338 g/mol. The van der Waals surface area contributed by atoms with Crippen molar-refractivity contribution >= 4 is 59.8 Å². The summed E-state index contributed by atoms with van der Waals surface area (Å²) in [7, 11) is 0. The van der Waals surface area contributed by atoms with Gasteiger partial charge in [0.15, 0.2) is 0 Å². The van der Waals surface area contributed by atoms with Crippen molar-refractivity contribution in [2.75, 3.05) is 0 Å². The zero-order valence-corrected chi connectivity index (χ0v) is 14.9. The van der Waals surface area contributed by atoms with Crippen LogP contribution in [0.5, 0.6) is 0 Å². The number of hydrogen-bond donors (Lipinski definition) is 0. The van der Waals surface area contributed by atoms with Crippen molar-refractivity contribution in [1.29, 1.82) is 0 Å². The van der Waals surface area contributed by atoms with E-state index in [0.29, 0.717) is 0 Å². The summed E-state index contributed by atoms with van der Waals surface area (Å²) in [6, 6.07) is 24.7. The highest BCUT2D eigenvalue weighted by molar-refractivity contribution is 7.20. The summed E-state index contributed by atoms with van der Waals surface area (Å²) < 4.78 is 1.36. The van der Waals surface area contributed by atoms with E-state index in [4.69, 9.17) is 0 Å². The van der Waals surface area contributed by atoms with Gasteiger partial charge < -0.3 is 0 Å². The second-order valence-electron chi connectivity index (χ2n) is 6.52. The zero-order chi connectivity index (χ0) is 16.8. The van der Waals surface area contributed by atoms with Gasteiger partial charge in [0.1, 0.15) is 0 Å². The molecule has 0 atom stereocenters. The third-order valence-electron chi connectivity index (χ3n) is 4.92. The van der Waals surface area contributed by atoms with E-state index in [-0.39, 0.29) is 0 Å². The molecule has 0 aliphatic carbocycles.